The molecule has 0 unspecified atom stereocenters. The first-order valence-electron chi connectivity index (χ1n) is 9.31. The molecule has 0 spiro atoms. The Morgan fingerprint density at radius 3 is 2.52 bits per heavy atom. The summed E-state index contributed by atoms with van der Waals surface area (Å²) in [5, 5.41) is 15.0. The summed E-state index contributed by atoms with van der Waals surface area (Å²) in [5.41, 5.74) is 1.12. The predicted molar refractivity (Wildman–Crippen MR) is 119 cm³/mol. The first-order chi connectivity index (χ1) is 14.9. The molecule has 31 heavy (non-hydrogen) atoms. The fourth-order valence-corrected chi connectivity index (χ4v) is 3.30. The maximum absolute atomic E-state index is 12.6. The molecule has 0 fully saturated rings. The number of aryl methyl sites for hydroxylation is 1. The number of nitrogens with zero attached hydrogens (tertiary/aromatic N) is 5. The standard InChI is InChI=1S/C20H21ClN6O3S/c1-26(11-12-30-17-9-5-15(21)6-10-17)19(29)14-3-7-16(8-4-14)22-18(28)13-31-20-23-24-25-27(20)2/h3-10H,11-13H2,1-2H3,(H,22,28). The highest BCUT2D eigenvalue weighted by Crippen LogP contribution is 2.16. The van der Waals surface area contributed by atoms with Gasteiger partial charge in [-0.15, -0.1) is 5.10 Å². The molecule has 1 N–H and O–H groups in total. The van der Waals surface area contributed by atoms with Gasteiger partial charge in [-0.2, -0.15) is 0 Å². The van der Waals surface area contributed by atoms with Gasteiger partial charge in [0, 0.05) is 30.4 Å². The Bertz CT molecular complexity index is 1030. The quantitative estimate of drug-likeness (QED) is 0.490. The molecule has 2 amide bonds. The van der Waals surface area contributed by atoms with E-state index in [9.17, 15) is 9.59 Å². The Labute approximate surface area is 188 Å². The molecule has 0 aliphatic rings. The van der Waals surface area contributed by atoms with Gasteiger partial charge in [-0.3, -0.25) is 9.59 Å². The smallest absolute Gasteiger partial charge is 0.253 e. The van der Waals surface area contributed by atoms with E-state index in [-0.39, 0.29) is 17.6 Å². The molecule has 3 rings (SSSR count). The number of aromatic nitrogens is 4. The lowest BCUT2D eigenvalue weighted by molar-refractivity contribution is -0.113. The van der Waals surface area contributed by atoms with Crippen LogP contribution in [0.25, 0.3) is 0 Å². The lowest BCUT2D eigenvalue weighted by atomic mass is 10.2. The molecule has 0 aliphatic carbocycles. The van der Waals surface area contributed by atoms with Crippen molar-refractivity contribution in [3.05, 3.63) is 59.1 Å². The third-order valence-electron chi connectivity index (χ3n) is 4.18. The zero-order valence-corrected chi connectivity index (χ0v) is 18.6. The number of amides is 2. The second-order valence-corrected chi connectivity index (χ2v) is 7.91. The van der Waals surface area contributed by atoms with E-state index in [1.165, 1.54) is 16.4 Å². The highest BCUT2D eigenvalue weighted by Gasteiger charge is 2.13. The van der Waals surface area contributed by atoms with Crippen LogP contribution in [0.1, 0.15) is 10.4 Å². The van der Waals surface area contributed by atoms with Crippen molar-refractivity contribution in [2.24, 2.45) is 7.05 Å². The number of carbonyl (C=O) groups excluding carboxylic acids is 2. The topological polar surface area (TPSA) is 102 Å². The van der Waals surface area contributed by atoms with Crippen LogP contribution in [0.5, 0.6) is 5.75 Å². The molecule has 162 valence electrons. The van der Waals surface area contributed by atoms with Crippen molar-refractivity contribution in [2.75, 3.05) is 31.3 Å². The molecule has 0 saturated carbocycles. The fourth-order valence-electron chi connectivity index (χ4n) is 2.52. The lowest BCUT2D eigenvalue weighted by Crippen LogP contribution is -2.30. The molecule has 0 atom stereocenters. The molecule has 2 aromatic carbocycles. The van der Waals surface area contributed by atoms with Crippen molar-refractivity contribution in [3.8, 4) is 5.75 Å². The zero-order chi connectivity index (χ0) is 22.2. The minimum atomic E-state index is -0.191. The van der Waals surface area contributed by atoms with Crippen LogP contribution in [0.4, 0.5) is 5.69 Å². The SMILES string of the molecule is CN(CCOc1ccc(Cl)cc1)C(=O)c1ccc(NC(=O)CSc2nnnn2C)cc1. The largest absolute Gasteiger partial charge is 0.492 e. The summed E-state index contributed by atoms with van der Waals surface area (Å²) >= 11 is 7.08. The van der Waals surface area contributed by atoms with Gasteiger partial charge in [0.1, 0.15) is 12.4 Å². The summed E-state index contributed by atoms with van der Waals surface area (Å²) in [6, 6.07) is 13.8. The van der Waals surface area contributed by atoms with E-state index in [0.29, 0.717) is 40.3 Å². The monoisotopic (exact) mass is 460 g/mol. The number of ether oxygens (including phenoxy) is 1. The van der Waals surface area contributed by atoms with E-state index in [0.717, 1.165) is 0 Å². The molecular formula is C20H21ClN6O3S. The average molecular weight is 461 g/mol. The Kier molecular flexibility index (Phi) is 7.85. The third-order valence-corrected chi connectivity index (χ3v) is 5.45. The van der Waals surface area contributed by atoms with Gasteiger partial charge >= 0.3 is 0 Å². The van der Waals surface area contributed by atoms with E-state index >= 15 is 0 Å². The number of carbonyl (C=O) groups is 2. The number of halogens is 1. The Morgan fingerprint density at radius 2 is 1.87 bits per heavy atom. The molecule has 0 bridgehead atoms. The molecule has 0 radical (unpaired) electrons. The molecule has 0 saturated heterocycles. The van der Waals surface area contributed by atoms with E-state index in [4.69, 9.17) is 16.3 Å². The summed E-state index contributed by atoms with van der Waals surface area (Å²) in [4.78, 5) is 26.2. The van der Waals surface area contributed by atoms with E-state index < -0.39 is 0 Å². The highest BCUT2D eigenvalue weighted by molar-refractivity contribution is 7.99. The normalized spacial score (nSPS) is 10.5. The number of tetrazole rings is 1. The molecule has 0 aliphatic heterocycles. The van der Waals surface area contributed by atoms with Crippen LogP contribution in [0.15, 0.2) is 53.7 Å². The predicted octanol–water partition coefficient (Wildman–Crippen LogP) is 2.75. The molecule has 1 aromatic heterocycles. The average Bonchev–Trinajstić information content (AvgIpc) is 3.18. The summed E-state index contributed by atoms with van der Waals surface area (Å²) in [7, 11) is 3.42. The summed E-state index contributed by atoms with van der Waals surface area (Å²) in [6.07, 6.45) is 0. The molecular weight excluding hydrogens is 440 g/mol. The van der Waals surface area contributed by atoms with Gasteiger partial charge < -0.3 is 15.0 Å². The van der Waals surface area contributed by atoms with Crippen molar-refractivity contribution >= 4 is 40.9 Å². The number of likely N-dealkylation sites (N-methyl/N-ethyl adjacent to an activating group) is 1. The number of anilines is 1. The van der Waals surface area contributed by atoms with Gasteiger partial charge in [0.2, 0.25) is 11.1 Å². The van der Waals surface area contributed by atoms with Gasteiger partial charge in [0.05, 0.1) is 12.3 Å². The van der Waals surface area contributed by atoms with Crippen LogP contribution < -0.4 is 10.1 Å². The van der Waals surface area contributed by atoms with Crippen LogP contribution in [0.2, 0.25) is 5.02 Å². The van der Waals surface area contributed by atoms with Gasteiger partial charge in [-0.1, -0.05) is 23.4 Å². The van der Waals surface area contributed by atoms with Gasteiger partial charge in [0.25, 0.3) is 5.91 Å². The summed E-state index contributed by atoms with van der Waals surface area (Å²) < 4.78 is 7.12. The fraction of sp³-hybridized carbons (Fsp3) is 0.250. The first kappa shape index (κ1) is 22.6. The van der Waals surface area contributed by atoms with Gasteiger partial charge in [-0.05, 0) is 59.0 Å². The van der Waals surface area contributed by atoms with Gasteiger partial charge in [0.15, 0.2) is 0 Å². The molecule has 9 nitrogen and oxygen atoms in total. The van der Waals surface area contributed by atoms with Crippen LogP contribution in [-0.4, -0.2) is 62.9 Å². The van der Waals surface area contributed by atoms with Crippen LogP contribution in [0.3, 0.4) is 0 Å². The molecule has 11 heteroatoms. The second kappa shape index (κ2) is 10.8. The van der Waals surface area contributed by atoms with Crippen LogP contribution in [0, 0.1) is 0 Å². The van der Waals surface area contributed by atoms with Crippen molar-refractivity contribution < 1.29 is 14.3 Å². The number of hydrogen-bond acceptors (Lipinski definition) is 7. The maximum atomic E-state index is 12.6. The zero-order valence-electron chi connectivity index (χ0n) is 17.0. The van der Waals surface area contributed by atoms with Crippen molar-refractivity contribution in [1.29, 1.82) is 0 Å². The third kappa shape index (κ3) is 6.69. The van der Waals surface area contributed by atoms with Crippen molar-refractivity contribution in [1.82, 2.24) is 25.1 Å². The summed E-state index contributed by atoms with van der Waals surface area (Å²) in [5.74, 6) is 0.538. The number of hydrogen-bond donors (Lipinski definition) is 1. The first-order valence-corrected chi connectivity index (χ1v) is 10.7. The number of rotatable bonds is 9. The maximum Gasteiger partial charge on any atom is 0.253 e. The highest BCUT2D eigenvalue weighted by atomic mass is 35.5. The van der Waals surface area contributed by atoms with Crippen molar-refractivity contribution in [3.63, 3.8) is 0 Å². The minimum absolute atomic E-state index is 0.136. The van der Waals surface area contributed by atoms with Crippen LogP contribution >= 0.6 is 23.4 Å². The Hall–Kier alpha value is -3.11. The van der Waals surface area contributed by atoms with Crippen LogP contribution in [-0.2, 0) is 11.8 Å². The Morgan fingerprint density at radius 1 is 1.16 bits per heavy atom. The van der Waals surface area contributed by atoms with E-state index in [1.807, 2.05) is 0 Å². The number of benzene rings is 2. The molecule has 3 aromatic rings. The minimum Gasteiger partial charge on any atom is -0.492 e. The Balaban J connectivity index is 1.44. The lowest BCUT2D eigenvalue weighted by Gasteiger charge is -2.18. The second-order valence-electron chi connectivity index (χ2n) is 6.53. The summed E-state index contributed by atoms with van der Waals surface area (Å²) in [6.45, 7) is 0.783. The number of nitrogens with one attached hydrogen (secondary N) is 1. The van der Waals surface area contributed by atoms with Crippen molar-refractivity contribution in [2.45, 2.75) is 5.16 Å². The van der Waals surface area contributed by atoms with E-state index in [2.05, 4.69) is 20.8 Å². The van der Waals surface area contributed by atoms with Gasteiger partial charge in [-0.25, -0.2) is 4.68 Å². The number of thioether (sulfide) groups is 1. The molecule has 1 heterocycles. The van der Waals surface area contributed by atoms with E-state index in [1.54, 1.807) is 67.5 Å².